The highest BCUT2D eigenvalue weighted by Crippen LogP contribution is 2.41. The second-order valence-electron chi connectivity index (χ2n) is 7.48. The molecule has 0 bridgehead atoms. The maximum Gasteiger partial charge on any atom is 0.490 e. The Hall–Kier alpha value is -2.76. The second kappa shape index (κ2) is 9.16. The molecule has 4 heterocycles. The molecule has 0 saturated carbocycles. The van der Waals surface area contributed by atoms with Gasteiger partial charge in [-0.3, -0.25) is 4.79 Å². The minimum Gasteiger partial charge on any atom is -0.475 e. The second-order valence-corrected chi connectivity index (χ2v) is 8.26. The number of aromatic nitrogens is 2. The predicted molar refractivity (Wildman–Crippen MR) is 104 cm³/mol. The van der Waals surface area contributed by atoms with Gasteiger partial charge in [-0.1, -0.05) is 0 Å². The molecule has 1 N–H and O–H groups in total. The van der Waals surface area contributed by atoms with E-state index in [4.69, 9.17) is 9.90 Å². The molecule has 0 radical (unpaired) electrons. The summed E-state index contributed by atoms with van der Waals surface area (Å²) in [7, 11) is 0. The molecule has 1 spiro atoms. The lowest BCUT2D eigenvalue weighted by Crippen LogP contribution is -2.42. The standard InChI is InChI=1S/C17H19FN4OS.C2HF3O2/c18-14-9-19-16(20-10-14)21-5-2-17(3-6-21)4-7-22(12-17)15(23)13-1-8-24-11-13;3-2(4,5)1(6)7/h1,8-11H,2-7,12H2;(H,6,7). The lowest BCUT2D eigenvalue weighted by molar-refractivity contribution is -0.192. The highest BCUT2D eigenvalue weighted by molar-refractivity contribution is 7.08. The Kier molecular flexibility index (Phi) is 6.77. The van der Waals surface area contributed by atoms with Crippen LogP contribution in [0.3, 0.4) is 0 Å². The summed E-state index contributed by atoms with van der Waals surface area (Å²) in [6.45, 7) is 3.37. The summed E-state index contributed by atoms with van der Waals surface area (Å²) in [6, 6.07) is 1.90. The molecule has 1 amide bonds. The summed E-state index contributed by atoms with van der Waals surface area (Å²) in [5, 5.41) is 11.0. The number of carbonyl (C=O) groups is 2. The summed E-state index contributed by atoms with van der Waals surface area (Å²) in [6.07, 6.45) is 0.427. The van der Waals surface area contributed by atoms with Crippen molar-refractivity contribution in [1.29, 1.82) is 0 Å². The molecule has 2 aromatic rings. The average Bonchev–Trinajstić information content (AvgIpc) is 3.40. The van der Waals surface area contributed by atoms with Crippen molar-refractivity contribution >= 4 is 29.2 Å². The van der Waals surface area contributed by atoms with E-state index in [1.54, 1.807) is 11.3 Å². The van der Waals surface area contributed by atoms with Crippen molar-refractivity contribution in [3.63, 3.8) is 0 Å². The first-order chi connectivity index (χ1) is 14.6. The number of alkyl halides is 3. The van der Waals surface area contributed by atoms with Gasteiger partial charge in [-0.15, -0.1) is 0 Å². The molecular weight excluding hydrogens is 440 g/mol. The monoisotopic (exact) mass is 460 g/mol. The van der Waals surface area contributed by atoms with Crippen LogP contribution in [0.2, 0.25) is 0 Å². The first kappa shape index (κ1) is 22.9. The minimum atomic E-state index is -5.08. The van der Waals surface area contributed by atoms with Crippen molar-refractivity contribution in [2.45, 2.75) is 25.4 Å². The molecule has 4 rings (SSSR count). The third-order valence-corrected chi connectivity index (χ3v) is 6.13. The zero-order valence-electron chi connectivity index (χ0n) is 16.3. The molecule has 0 unspecified atom stereocenters. The Morgan fingerprint density at radius 2 is 1.68 bits per heavy atom. The number of thiophene rings is 1. The van der Waals surface area contributed by atoms with E-state index in [1.165, 1.54) is 12.4 Å². The van der Waals surface area contributed by atoms with Crippen molar-refractivity contribution in [2.75, 3.05) is 31.1 Å². The number of likely N-dealkylation sites (tertiary alicyclic amines) is 1. The predicted octanol–water partition coefficient (Wildman–Crippen LogP) is 3.44. The maximum atomic E-state index is 12.9. The summed E-state index contributed by atoms with van der Waals surface area (Å²) in [5.41, 5.74) is 1.01. The van der Waals surface area contributed by atoms with Crippen LogP contribution in [-0.2, 0) is 4.79 Å². The molecule has 31 heavy (non-hydrogen) atoms. The van der Waals surface area contributed by atoms with Crippen LogP contribution in [0.15, 0.2) is 29.2 Å². The number of anilines is 1. The van der Waals surface area contributed by atoms with Crippen LogP contribution in [0, 0.1) is 11.2 Å². The largest absolute Gasteiger partial charge is 0.490 e. The zero-order valence-corrected chi connectivity index (χ0v) is 17.1. The highest BCUT2D eigenvalue weighted by atomic mass is 32.1. The molecule has 2 aromatic heterocycles. The van der Waals surface area contributed by atoms with Crippen LogP contribution in [0.1, 0.15) is 29.6 Å². The number of halogens is 4. The van der Waals surface area contributed by atoms with Gasteiger partial charge in [-0.2, -0.15) is 24.5 Å². The highest BCUT2D eigenvalue weighted by Gasteiger charge is 2.42. The number of rotatable bonds is 2. The quantitative estimate of drug-likeness (QED) is 0.691. The number of carbonyl (C=O) groups excluding carboxylic acids is 1. The van der Waals surface area contributed by atoms with Crippen molar-refractivity contribution < 1.29 is 32.3 Å². The van der Waals surface area contributed by atoms with E-state index >= 15 is 0 Å². The fourth-order valence-electron chi connectivity index (χ4n) is 3.74. The average molecular weight is 460 g/mol. The third kappa shape index (κ3) is 5.69. The van der Waals surface area contributed by atoms with E-state index in [1.807, 2.05) is 21.7 Å². The van der Waals surface area contributed by atoms with Gasteiger partial charge in [-0.25, -0.2) is 19.2 Å². The lowest BCUT2D eigenvalue weighted by Gasteiger charge is -2.39. The third-order valence-electron chi connectivity index (χ3n) is 5.45. The number of hydrogen-bond acceptors (Lipinski definition) is 6. The van der Waals surface area contributed by atoms with Gasteiger partial charge in [0.15, 0.2) is 5.82 Å². The Balaban J connectivity index is 0.000000339. The van der Waals surface area contributed by atoms with Crippen LogP contribution in [0.4, 0.5) is 23.5 Å². The van der Waals surface area contributed by atoms with Gasteiger partial charge < -0.3 is 14.9 Å². The minimum absolute atomic E-state index is 0.150. The molecule has 2 aliphatic heterocycles. The summed E-state index contributed by atoms with van der Waals surface area (Å²) >= 11 is 1.56. The van der Waals surface area contributed by atoms with E-state index in [2.05, 4.69) is 14.9 Å². The number of piperidine rings is 1. The van der Waals surface area contributed by atoms with Gasteiger partial charge in [-0.05, 0) is 36.1 Å². The number of amides is 1. The van der Waals surface area contributed by atoms with Crippen molar-refractivity contribution in [3.05, 3.63) is 40.6 Å². The van der Waals surface area contributed by atoms with Crippen molar-refractivity contribution in [2.24, 2.45) is 5.41 Å². The number of aliphatic carboxylic acids is 1. The Labute approximate surface area is 179 Å². The molecule has 2 fully saturated rings. The van der Waals surface area contributed by atoms with Gasteiger partial charge in [0.2, 0.25) is 5.95 Å². The first-order valence-corrected chi connectivity index (χ1v) is 10.4. The van der Waals surface area contributed by atoms with Crippen LogP contribution in [-0.4, -0.2) is 64.2 Å². The normalized spacial score (nSPS) is 17.9. The maximum absolute atomic E-state index is 12.9. The van der Waals surface area contributed by atoms with Crippen LogP contribution >= 0.6 is 11.3 Å². The summed E-state index contributed by atoms with van der Waals surface area (Å²) < 4.78 is 44.7. The topological polar surface area (TPSA) is 86.6 Å². The number of nitrogens with zero attached hydrogens (tertiary/aromatic N) is 4. The lowest BCUT2D eigenvalue weighted by atomic mass is 9.78. The number of carboxylic acids is 1. The number of hydrogen-bond donors (Lipinski definition) is 1. The van der Waals surface area contributed by atoms with E-state index in [9.17, 15) is 22.4 Å². The van der Waals surface area contributed by atoms with E-state index in [-0.39, 0.29) is 11.3 Å². The molecule has 0 atom stereocenters. The molecule has 7 nitrogen and oxygen atoms in total. The fraction of sp³-hybridized carbons (Fsp3) is 0.474. The zero-order chi connectivity index (χ0) is 22.6. The summed E-state index contributed by atoms with van der Waals surface area (Å²) in [4.78, 5) is 33.7. The molecule has 0 aliphatic carbocycles. The molecule has 168 valence electrons. The number of carboxylic acid groups (broad SMARTS) is 1. The van der Waals surface area contributed by atoms with Gasteiger partial charge in [0, 0.05) is 31.6 Å². The van der Waals surface area contributed by atoms with Gasteiger partial charge in [0.25, 0.3) is 5.91 Å². The molecule has 2 aliphatic rings. The molecule has 0 aromatic carbocycles. The Morgan fingerprint density at radius 1 is 1.10 bits per heavy atom. The Bertz CT molecular complexity index is 898. The van der Waals surface area contributed by atoms with Crippen LogP contribution in [0.25, 0.3) is 0 Å². The van der Waals surface area contributed by atoms with Gasteiger partial charge in [0.05, 0.1) is 18.0 Å². The van der Waals surface area contributed by atoms with Crippen LogP contribution in [0.5, 0.6) is 0 Å². The van der Waals surface area contributed by atoms with E-state index in [0.717, 1.165) is 51.0 Å². The fourth-order valence-corrected chi connectivity index (χ4v) is 4.36. The Morgan fingerprint density at radius 3 is 2.19 bits per heavy atom. The van der Waals surface area contributed by atoms with Gasteiger partial charge >= 0.3 is 12.1 Å². The summed E-state index contributed by atoms with van der Waals surface area (Å²) in [5.74, 6) is -2.43. The van der Waals surface area contributed by atoms with Crippen molar-refractivity contribution in [3.8, 4) is 0 Å². The molecule has 12 heteroatoms. The van der Waals surface area contributed by atoms with Crippen molar-refractivity contribution in [1.82, 2.24) is 14.9 Å². The first-order valence-electron chi connectivity index (χ1n) is 9.44. The van der Waals surface area contributed by atoms with E-state index in [0.29, 0.717) is 5.95 Å². The SMILES string of the molecule is O=C(O)C(F)(F)F.O=C(c1ccsc1)N1CCC2(CCN(c3ncc(F)cn3)CC2)C1. The van der Waals surface area contributed by atoms with Gasteiger partial charge in [0.1, 0.15) is 0 Å². The smallest absolute Gasteiger partial charge is 0.475 e. The van der Waals surface area contributed by atoms with E-state index < -0.39 is 18.0 Å². The van der Waals surface area contributed by atoms with Crippen LogP contribution < -0.4 is 4.90 Å². The molecule has 2 saturated heterocycles. The molecular formula is C19H20F4N4O3S.